The van der Waals surface area contributed by atoms with Crippen LogP contribution in [0.5, 0.6) is 0 Å². The average Bonchev–Trinajstić information content (AvgIpc) is 2.38. The number of halogens is 1. The first-order valence-electron chi connectivity index (χ1n) is 6.00. The maximum absolute atomic E-state index is 13.9. The van der Waals surface area contributed by atoms with E-state index in [1.165, 1.54) is 6.07 Å². The van der Waals surface area contributed by atoms with E-state index in [2.05, 4.69) is 6.92 Å². The van der Waals surface area contributed by atoms with Gasteiger partial charge in [-0.1, -0.05) is 19.1 Å². The number of anilines is 1. The van der Waals surface area contributed by atoms with E-state index in [-0.39, 0.29) is 18.5 Å². The van der Waals surface area contributed by atoms with Crippen molar-refractivity contribution in [2.75, 3.05) is 24.7 Å². The lowest BCUT2D eigenvalue weighted by atomic mass is 10.1. The van der Waals surface area contributed by atoms with Gasteiger partial charge in [0.2, 0.25) is 0 Å². The van der Waals surface area contributed by atoms with Gasteiger partial charge < -0.3 is 14.7 Å². The molecule has 0 aliphatic carbocycles. The summed E-state index contributed by atoms with van der Waals surface area (Å²) in [7, 11) is 0. The zero-order valence-corrected chi connectivity index (χ0v) is 10.0. The molecule has 1 unspecified atom stereocenters. The summed E-state index contributed by atoms with van der Waals surface area (Å²) < 4.78 is 19.3. The Morgan fingerprint density at radius 2 is 2.35 bits per heavy atom. The highest BCUT2D eigenvalue weighted by atomic mass is 19.1. The molecule has 1 heterocycles. The number of nitrogens with zero attached hydrogens (tertiary/aromatic N) is 1. The molecular formula is C13H18FNO2. The van der Waals surface area contributed by atoms with Gasteiger partial charge in [-0.05, 0) is 12.5 Å². The fraction of sp³-hybridized carbons (Fsp3) is 0.538. The molecule has 0 radical (unpaired) electrons. The van der Waals surface area contributed by atoms with Gasteiger partial charge in [0.15, 0.2) is 0 Å². The number of hydrogen-bond donors (Lipinski definition) is 1. The molecule has 0 saturated carbocycles. The Morgan fingerprint density at radius 3 is 3.06 bits per heavy atom. The van der Waals surface area contributed by atoms with Crippen LogP contribution in [0.2, 0.25) is 0 Å². The summed E-state index contributed by atoms with van der Waals surface area (Å²) in [4.78, 5) is 2.02. The minimum absolute atomic E-state index is 0.138. The van der Waals surface area contributed by atoms with Crippen molar-refractivity contribution < 1.29 is 14.2 Å². The molecule has 1 aliphatic heterocycles. The van der Waals surface area contributed by atoms with Crippen LogP contribution in [-0.2, 0) is 11.3 Å². The van der Waals surface area contributed by atoms with Crippen molar-refractivity contribution in [3.63, 3.8) is 0 Å². The summed E-state index contributed by atoms with van der Waals surface area (Å²) in [6.45, 7) is 3.82. The molecule has 1 aromatic rings. The Kier molecular flexibility index (Phi) is 3.97. The first kappa shape index (κ1) is 12.3. The first-order valence-corrected chi connectivity index (χ1v) is 6.00. The largest absolute Gasteiger partial charge is 0.392 e. The standard InChI is InChI=1S/C13H18FNO2/c1-2-11-9-17-7-6-15(11)13-10(8-16)4-3-5-12(13)14/h3-5,11,16H,2,6-9H2,1H3. The van der Waals surface area contributed by atoms with E-state index < -0.39 is 0 Å². The van der Waals surface area contributed by atoms with Crippen LogP contribution in [0.25, 0.3) is 0 Å². The third-order valence-corrected chi connectivity index (χ3v) is 3.23. The van der Waals surface area contributed by atoms with E-state index in [9.17, 15) is 9.50 Å². The molecule has 1 fully saturated rings. The summed E-state index contributed by atoms with van der Waals surface area (Å²) in [6.07, 6.45) is 0.902. The maximum atomic E-state index is 13.9. The van der Waals surface area contributed by atoms with Gasteiger partial charge in [-0.3, -0.25) is 0 Å². The van der Waals surface area contributed by atoms with E-state index in [1.807, 2.05) is 4.90 Å². The van der Waals surface area contributed by atoms with Crippen LogP contribution in [0.4, 0.5) is 10.1 Å². The lowest BCUT2D eigenvalue weighted by molar-refractivity contribution is 0.0923. The topological polar surface area (TPSA) is 32.7 Å². The number of para-hydroxylation sites is 1. The number of benzene rings is 1. The predicted octanol–water partition coefficient (Wildman–Crippen LogP) is 1.93. The molecule has 94 valence electrons. The SMILES string of the molecule is CCC1COCCN1c1c(F)cccc1CO. The molecule has 1 atom stereocenters. The van der Waals surface area contributed by atoms with Gasteiger partial charge >= 0.3 is 0 Å². The lowest BCUT2D eigenvalue weighted by Gasteiger charge is -2.38. The highest BCUT2D eigenvalue weighted by Crippen LogP contribution is 2.28. The van der Waals surface area contributed by atoms with Gasteiger partial charge in [0, 0.05) is 12.1 Å². The zero-order valence-electron chi connectivity index (χ0n) is 10.0. The number of hydrogen-bond acceptors (Lipinski definition) is 3. The Hall–Kier alpha value is -1.13. The van der Waals surface area contributed by atoms with Crippen molar-refractivity contribution in [1.82, 2.24) is 0 Å². The highest BCUT2D eigenvalue weighted by Gasteiger charge is 2.25. The molecule has 1 saturated heterocycles. The van der Waals surface area contributed by atoms with Crippen LogP contribution < -0.4 is 4.90 Å². The molecule has 2 rings (SSSR count). The molecule has 17 heavy (non-hydrogen) atoms. The molecule has 1 aliphatic rings. The number of rotatable bonds is 3. The van der Waals surface area contributed by atoms with Gasteiger partial charge in [-0.25, -0.2) is 4.39 Å². The Bertz CT molecular complexity index is 384. The molecule has 0 bridgehead atoms. The summed E-state index contributed by atoms with van der Waals surface area (Å²) in [5.41, 5.74) is 1.18. The monoisotopic (exact) mass is 239 g/mol. The van der Waals surface area contributed by atoms with Crippen molar-refractivity contribution in [3.8, 4) is 0 Å². The molecular weight excluding hydrogens is 221 g/mol. The fourth-order valence-electron chi connectivity index (χ4n) is 2.30. The second kappa shape index (κ2) is 5.47. The fourth-order valence-corrected chi connectivity index (χ4v) is 2.30. The third-order valence-electron chi connectivity index (χ3n) is 3.23. The quantitative estimate of drug-likeness (QED) is 0.875. The van der Waals surface area contributed by atoms with Crippen LogP contribution in [0.15, 0.2) is 18.2 Å². The number of aliphatic hydroxyl groups excluding tert-OH is 1. The summed E-state index contributed by atoms with van der Waals surface area (Å²) in [5.74, 6) is -0.267. The molecule has 0 spiro atoms. The lowest BCUT2D eigenvalue weighted by Crippen LogP contribution is -2.46. The Morgan fingerprint density at radius 1 is 1.53 bits per heavy atom. The minimum atomic E-state index is -0.267. The molecule has 0 aromatic heterocycles. The van der Waals surface area contributed by atoms with Crippen molar-refractivity contribution in [1.29, 1.82) is 0 Å². The second-order valence-electron chi connectivity index (χ2n) is 4.24. The van der Waals surface area contributed by atoms with E-state index in [0.717, 1.165) is 6.42 Å². The second-order valence-corrected chi connectivity index (χ2v) is 4.24. The molecule has 3 nitrogen and oxygen atoms in total. The summed E-state index contributed by atoms with van der Waals surface area (Å²) in [6, 6.07) is 5.02. The van der Waals surface area contributed by atoms with E-state index in [4.69, 9.17) is 4.74 Å². The molecule has 1 aromatic carbocycles. The van der Waals surface area contributed by atoms with Crippen molar-refractivity contribution in [2.45, 2.75) is 26.0 Å². The van der Waals surface area contributed by atoms with E-state index >= 15 is 0 Å². The van der Waals surface area contributed by atoms with Crippen LogP contribution in [-0.4, -0.2) is 30.9 Å². The van der Waals surface area contributed by atoms with Crippen LogP contribution in [0, 0.1) is 5.82 Å². The Labute approximate surface area is 101 Å². The first-order chi connectivity index (χ1) is 8.27. The van der Waals surface area contributed by atoms with E-state index in [0.29, 0.717) is 31.0 Å². The highest BCUT2D eigenvalue weighted by molar-refractivity contribution is 5.55. The summed E-state index contributed by atoms with van der Waals surface area (Å²) >= 11 is 0. The minimum Gasteiger partial charge on any atom is -0.392 e. The molecule has 4 heteroatoms. The van der Waals surface area contributed by atoms with Gasteiger partial charge in [0.05, 0.1) is 31.5 Å². The van der Waals surface area contributed by atoms with Crippen LogP contribution in [0.1, 0.15) is 18.9 Å². The maximum Gasteiger partial charge on any atom is 0.146 e. The number of morpholine rings is 1. The smallest absolute Gasteiger partial charge is 0.146 e. The number of ether oxygens (including phenoxy) is 1. The van der Waals surface area contributed by atoms with Crippen LogP contribution in [0.3, 0.4) is 0 Å². The van der Waals surface area contributed by atoms with Gasteiger partial charge in [0.1, 0.15) is 5.82 Å². The molecule has 1 N–H and O–H groups in total. The third kappa shape index (κ3) is 2.42. The van der Waals surface area contributed by atoms with Gasteiger partial charge in [-0.15, -0.1) is 0 Å². The van der Waals surface area contributed by atoms with Crippen molar-refractivity contribution in [3.05, 3.63) is 29.6 Å². The predicted molar refractivity (Wildman–Crippen MR) is 64.6 cm³/mol. The van der Waals surface area contributed by atoms with Gasteiger partial charge in [0.25, 0.3) is 0 Å². The van der Waals surface area contributed by atoms with Crippen LogP contribution >= 0.6 is 0 Å². The normalized spacial score (nSPS) is 20.6. The Balaban J connectivity index is 2.36. The molecule has 0 amide bonds. The van der Waals surface area contributed by atoms with Crippen molar-refractivity contribution >= 4 is 5.69 Å². The number of aliphatic hydroxyl groups is 1. The summed E-state index contributed by atoms with van der Waals surface area (Å²) in [5, 5.41) is 9.31. The van der Waals surface area contributed by atoms with E-state index in [1.54, 1.807) is 12.1 Å². The van der Waals surface area contributed by atoms with Crippen molar-refractivity contribution in [2.24, 2.45) is 0 Å². The zero-order chi connectivity index (χ0) is 12.3. The van der Waals surface area contributed by atoms with Gasteiger partial charge in [-0.2, -0.15) is 0 Å². The average molecular weight is 239 g/mol.